The molecular weight excluding hydrogens is 501 g/mol. The molecule has 2 aromatic carbocycles. The van der Waals surface area contributed by atoms with Crippen molar-refractivity contribution >= 4 is 40.9 Å². The Kier molecular flexibility index (Phi) is 7.48. The highest BCUT2D eigenvalue weighted by molar-refractivity contribution is 6.31. The molecule has 3 aromatic rings. The summed E-state index contributed by atoms with van der Waals surface area (Å²) in [6, 6.07) is 5.63. The third kappa shape index (κ3) is 5.62. The van der Waals surface area contributed by atoms with Crippen LogP contribution in [0.2, 0.25) is 5.02 Å². The molecule has 1 aromatic heterocycles. The number of rotatable bonds is 7. The van der Waals surface area contributed by atoms with Gasteiger partial charge in [-0.05, 0) is 55.2 Å². The molecule has 190 valence electrons. The van der Waals surface area contributed by atoms with Crippen LogP contribution in [0.1, 0.15) is 54.8 Å². The van der Waals surface area contributed by atoms with E-state index in [1.807, 2.05) is 6.07 Å². The first-order valence-corrected chi connectivity index (χ1v) is 11.6. The normalized spacial score (nSPS) is 18.5. The number of nitrogens with one attached hydrogen (secondary N) is 2. The molecule has 0 spiro atoms. The Balaban J connectivity index is 1.38. The molecule has 1 saturated carbocycles. The Morgan fingerprint density at radius 3 is 2.42 bits per heavy atom. The number of anilines is 3. The van der Waals surface area contributed by atoms with Crippen LogP contribution in [-0.4, -0.2) is 27.2 Å². The van der Waals surface area contributed by atoms with Crippen molar-refractivity contribution in [3.05, 3.63) is 64.3 Å². The molecule has 0 bridgehead atoms. The second-order valence-corrected chi connectivity index (χ2v) is 9.12. The molecule has 1 aliphatic carbocycles. The fourth-order valence-electron chi connectivity index (χ4n) is 4.35. The van der Waals surface area contributed by atoms with Crippen LogP contribution in [0.4, 0.5) is 30.6 Å². The zero-order chi connectivity index (χ0) is 26.0. The average Bonchev–Trinajstić information content (AvgIpc) is 3.31. The Morgan fingerprint density at radius 1 is 1.06 bits per heavy atom. The summed E-state index contributed by atoms with van der Waals surface area (Å²) in [5, 5.41) is 21.7. The summed E-state index contributed by atoms with van der Waals surface area (Å²) >= 11 is 6.48. The zero-order valence-electron chi connectivity index (χ0n) is 19.0. The fraction of sp³-hybridized carbons (Fsp3) is 0.333. The van der Waals surface area contributed by atoms with Crippen molar-refractivity contribution in [3.63, 3.8) is 0 Å². The molecule has 12 heteroatoms. The van der Waals surface area contributed by atoms with E-state index in [0.29, 0.717) is 22.8 Å². The number of carbonyl (C=O) groups excluding carboxylic acids is 1. The molecule has 4 rings (SSSR count). The van der Waals surface area contributed by atoms with Crippen LogP contribution >= 0.6 is 11.6 Å². The minimum atomic E-state index is -1.35. The highest BCUT2D eigenvalue weighted by atomic mass is 35.5. The highest BCUT2D eigenvalue weighted by Crippen LogP contribution is 2.41. The van der Waals surface area contributed by atoms with E-state index in [2.05, 4.69) is 20.8 Å². The number of aliphatic carboxylic acids is 1. The van der Waals surface area contributed by atoms with Crippen LogP contribution in [0.25, 0.3) is 0 Å². The lowest BCUT2D eigenvalue weighted by Gasteiger charge is -2.31. The van der Waals surface area contributed by atoms with Crippen LogP contribution < -0.4 is 10.6 Å². The molecular formula is C24H22ClF3N4O4. The van der Waals surface area contributed by atoms with Crippen LogP contribution in [0.5, 0.6) is 0 Å². The number of carboxylic acids is 1. The van der Waals surface area contributed by atoms with Gasteiger partial charge in [0.15, 0.2) is 11.6 Å². The zero-order valence-corrected chi connectivity index (χ0v) is 19.8. The molecule has 0 radical (unpaired) electrons. The maximum Gasteiger partial charge on any atom is 0.320 e. The van der Waals surface area contributed by atoms with E-state index in [4.69, 9.17) is 16.0 Å². The number of hydrogen-bond acceptors (Lipinski definition) is 6. The number of hydrogen-bond donors (Lipinski definition) is 3. The molecule has 1 amide bonds. The SMILES string of the molecule is C[C@@H](C(=O)O)C1CCC(c2ccc(NC(=O)c3nnc(Nc4cc(F)c(F)cc4F)o3)cc2Cl)CC1. The second-order valence-electron chi connectivity index (χ2n) is 8.71. The molecule has 1 atom stereocenters. The number of carbonyl (C=O) groups is 2. The Labute approximate surface area is 208 Å². The van der Waals surface area contributed by atoms with Gasteiger partial charge in [-0.3, -0.25) is 9.59 Å². The standard InChI is InChI=1S/C24H22ClF3N4O4/c1-11(23(34)35)12-2-4-13(5-3-12)15-7-6-14(8-16(15)25)29-21(33)22-31-32-24(36-22)30-20-10-18(27)17(26)9-19(20)28/h6-13H,2-5H2,1H3,(H,29,33)(H,30,32)(H,34,35)/t11-,12?,13?/m1/s1. The van der Waals surface area contributed by atoms with Gasteiger partial charge in [-0.1, -0.05) is 29.7 Å². The molecule has 0 unspecified atom stereocenters. The second kappa shape index (κ2) is 10.6. The van der Waals surface area contributed by atoms with Crippen molar-refractivity contribution in [3.8, 4) is 0 Å². The van der Waals surface area contributed by atoms with Gasteiger partial charge in [0.25, 0.3) is 0 Å². The summed E-state index contributed by atoms with van der Waals surface area (Å²) in [6.07, 6.45) is 3.25. The Hall–Kier alpha value is -3.60. The first-order chi connectivity index (χ1) is 17.1. The average molecular weight is 523 g/mol. The number of benzene rings is 2. The van der Waals surface area contributed by atoms with Gasteiger partial charge in [-0.25, -0.2) is 13.2 Å². The molecule has 8 nitrogen and oxygen atoms in total. The van der Waals surface area contributed by atoms with E-state index < -0.39 is 46.9 Å². The first kappa shape index (κ1) is 25.5. The molecule has 1 aliphatic rings. The van der Waals surface area contributed by atoms with Crippen molar-refractivity contribution in [2.45, 2.75) is 38.5 Å². The summed E-state index contributed by atoms with van der Waals surface area (Å²) in [5.74, 6) is -5.75. The smallest absolute Gasteiger partial charge is 0.320 e. The minimum Gasteiger partial charge on any atom is -0.481 e. The van der Waals surface area contributed by atoms with E-state index in [1.54, 1.807) is 19.1 Å². The van der Waals surface area contributed by atoms with Gasteiger partial charge < -0.3 is 20.2 Å². The van der Waals surface area contributed by atoms with E-state index in [9.17, 15) is 27.9 Å². The van der Waals surface area contributed by atoms with E-state index in [-0.39, 0.29) is 17.8 Å². The summed E-state index contributed by atoms with van der Waals surface area (Å²) in [4.78, 5) is 23.7. The van der Waals surface area contributed by atoms with Gasteiger partial charge in [-0.2, -0.15) is 0 Å². The van der Waals surface area contributed by atoms with Gasteiger partial charge >= 0.3 is 23.8 Å². The topological polar surface area (TPSA) is 117 Å². The van der Waals surface area contributed by atoms with Crippen molar-refractivity contribution in [2.75, 3.05) is 10.6 Å². The van der Waals surface area contributed by atoms with Gasteiger partial charge in [-0.15, -0.1) is 5.10 Å². The predicted molar refractivity (Wildman–Crippen MR) is 125 cm³/mol. The maximum atomic E-state index is 13.8. The molecule has 0 aliphatic heterocycles. The van der Waals surface area contributed by atoms with Gasteiger partial charge in [0, 0.05) is 22.8 Å². The number of aromatic nitrogens is 2. The van der Waals surface area contributed by atoms with Crippen molar-refractivity contribution in [1.82, 2.24) is 10.2 Å². The van der Waals surface area contributed by atoms with Crippen molar-refractivity contribution in [1.29, 1.82) is 0 Å². The lowest BCUT2D eigenvalue weighted by molar-refractivity contribution is -0.143. The molecule has 36 heavy (non-hydrogen) atoms. The highest BCUT2D eigenvalue weighted by Gasteiger charge is 2.30. The van der Waals surface area contributed by atoms with Gasteiger partial charge in [0.2, 0.25) is 0 Å². The monoisotopic (exact) mass is 522 g/mol. The first-order valence-electron chi connectivity index (χ1n) is 11.2. The number of carboxylic acid groups (broad SMARTS) is 1. The van der Waals surface area contributed by atoms with E-state index in [1.165, 1.54) is 0 Å². The lowest BCUT2D eigenvalue weighted by atomic mass is 9.74. The number of amides is 1. The number of halogens is 4. The molecule has 3 N–H and O–H groups in total. The van der Waals surface area contributed by atoms with E-state index >= 15 is 0 Å². The van der Waals surface area contributed by atoms with Crippen LogP contribution in [0.3, 0.4) is 0 Å². The van der Waals surface area contributed by atoms with Crippen LogP contribution in [-0.2, 0) is 4.79 Å². The van der Waals surface area contributed by atoms with Gasteiger partial charge in [0.05, 0.1) is 11.6 Å². The van der Waals surface area contributed by atoms with Crippen molar-refractivity contribution < 1.29 is 32.3 Å². The maximum absolute atomic E-state index is 13.8. The lowest BCUT2D eigenvalue weighted by Crippen LogP contribution is -2.25. The van der Waals surface area contributed by atoms with Crippen LogP contribution in [0.15, 0.2) is 34.7 Å². The molecule has 1 fully saturated rings. The largest absolute Gasteiger partial charge is 0.481 e. The summed E-state index contributed by atoms with van der Waals surface area (Å²) in [7, 11) is 0. The van der Waals surface area contributed by atoms with Gasteiger partial charge in [0.1, 0.15) is 5.82 Å². The third-order valence-electron chi connectivity index (χ3n) is 6.44. The summed E-state index contributed by atoms with van der Waals surface area (Å²) in [6.45, 7) is 1.74. The summed E-state index contributed by atoms with van der Waals surface area (Å²) in [5.41, 5.74) is 0.855. The Morgan fingerprint density at radius 2 is 1.75 bits per heavy atom. The van der Waals surface area contributed by atoms with Crippen LogP contribution in [0, 0.1) is 29.3 Å². The quantitative estimate of drug-likeness (QED) is 0.319. The van der Waals surface area contributed by atoms with Crippen molar-refractivity contribution in [2.24, 2.45) is 11.8 Å². The fourth-order valence-corrected chi connectivity index (χ4v) is 4.69. The molecule has 0 saturated heterocycles. The number of nitrogens with zero attached hydrogens (tertiary/aromatic N) is 2. The molecule has 1 heterocycles. The third-order valence-corrected chi connectivity index (χ3v) is 6.76. The Bertz CT molecular complexity index is 1290. The summed E-state index contributed by atoms with van der Waals surface area (Å²) < 4.78 is 45.3. The minimum absolute atomic E-state index is 0.142. The predicted octanol–water partition coefficient (Wildman–Crippen LogP) is 6.13. The van der Waals surface area contributed by atoms with E-state index in [0.717, 1.165) is 31.2 Å².